The second kappa shape index (κ2) is 4.34. The van der Waals surface area contributed by atoms with Crippen molar-refractivity contribution in [2.45, 2.75) is 26.5 Å². The lowest BCUT2D eigenvalue weighted by Crippen LogP contribution is -2.28. The zero-order valence-electron chi connectivity index (χ0n) is 10.1. The van der Waals surface area contributed by atoms with E-state index in [1.165, 1.54) is 0 Å². The van der Waals surface area contributed by atoms with Crippen molar-refractivity contribution < 1.29 is 4.74 Å². The highest BCUT2D eigenvalue weighted by Gasteiger charge is 2.26. The van der Waals surface area contributed by atoms with E-state index in [0.29, 0.717) is 23.3 Å². The highest BCUT2D eigenvalue weighted by molar-refractivity contribution is 6.30. The largest absolute Gasteiger partial charge is 0.474 e. The third-order valence-electron chi connectivity index (χ3n) is 2.55. The molecule has 0 bridgehead atoms. The van der Waals surface area contributed by atoms with E-state index >= 15 is 0 Å². The van der Waals surface area contributed by atoms with Crippen LogP contribution in [0.15, 0.2) is 17.8 Å². The first kappa shape index (κ1) is 11.9. The molecule has 1 aliphatic heterocycles. The van der Waals surface area contributed by atoms with E-state index in [-0.39, 0.29) is 6.10 Å². The lowest BCUT2D eigenvalue weighted by Gasteiger charge is -2.29. The SMILES string of the molecule is CC(C)OC1=C(C#N)N(C)Cc2ccc(Cl)n21. The average molecular weight is 252 g/mol. The minimum atomic E-state index is -0.00818. The third kappa shape index (κ3) is 1.98. The maximum atomic E-state index is 9.21. The molecule has 0 amide bonds. The van der Waals surface area contributed by atoms with E-state index in [4.69, 9.17) is 16.3 Å². The standard InChI is InChI=1S/C12H14ClN3O/c1-8(2)17-12-10(6-14)15(3)7-9-4-5-11(13)16(9)12/h4-5,8H,7H2,1-3H3. The van der Waals surface area contributed by atoms with Crippen LogP contribution in [0.4, 0.5) is 0 Å². The molecule has 1 aromatic rings. The topological polar surface area (TPSA) is 41.2 Å². The van der Waals surface area contributed by atoms with Gasteiger partial charge in [-0.3, -0.25) is 4.57 Å². The summed E-state index contributed by atoms with van der Waals surface area (Å²) in [5.74, 6) is 0.515. The van der Waals surface area contributed by atoms with Gasteiger partial charge in [0.2, 0.25) is 5.88 Å². The van der Waals surface area contributed by atoms with Gasteiger partial charge in [0.25, 0.3) is 0 Å². The van der Waals surface area contributed by atoms with Gasteiger partial charge < -0.3 is 9.64 Å². The van der Waals surface area contributed by atoms with Gasteiger partial charge in [-0.15, -0.1) is 0 Å². The van der Waals surface area contributed by atoms with Gasteiger partial charge in [-0.1, -0.05) is 11.6 Å². The monoisotopic (exact) mass is 251 g/mol. The molecule has 2 rings (SSSR count). The van der Waals surface area contributed by atoms with Crippen molar-refractivity contribution >= 4 is 17.5 Å². The minimum absolute atomic E-state index is 0.00818. The van der Waals surface area contributed by atoms with Gasteiger partial charge in [0, 0.05) is 12.7 Å². The molecule has 90 valence electrons. The Morgan fingerprint density at radius 2 is 2.18 bits per heavy atom. The van der Waals surface area contributed by atoms with Crippen LogP contribution in [0.25, 0.3) is 5.88 Å². The predicted octanol–water partition coefficient (Wildman–Crippen LogP) is 2.66. The number of ether oxygens (including phenoxy) is 1. The molecule has 0 aromatic carbocycles. The van der Waals surface area contributed by atoms with Crippen LogP contribution in [-0.4, -0.2) is 22.6 Å². The Morgan fingerprint density at radius 3 is 2.76 bits per heavy atom. The highest BCUT2D eigenvalue weighted by atomic mass is 35.5. The van der Waals surface area contributed by atoms with Crippen LogP contribution in [0.2, 0.25) is 5.15 Å². The summed E-state index contributed by atoms with van der Waals surface area (Å²) in [5.41, 5.74) is 1.52. The first-order valence-electron chi connectivity index (χ1n) is 5.43. The van der Waals surface area contributed by atoms with Crippen molar-refractivity contribution in [2.24, 2.45) is 0 Å². The van der Waals surface area contributed by atoms with E-state index in [1.54, 1.807) is 4.57 Å². The molecule has 17 heavy (non-hydrogen) atoms. The zero-order chi connectivity index (χ0) is 12.6. The first-order chi connectivity index (χ1) is 8.04. The van der Waals surface area contributed by atoms with Crippen LogP contribution < -0.4 is 0 Å². The molecule has 1 aliphatic rings. The smallest absolute Gasteiger partial charge is 0.235 e. The third-order valence-corrected chi connectivity index (χ3v) is 2.85. The number of halogens is 1. The lowest BCUT2D eigenvalue weighted by atomic mass is 10.3. The second-order valence-corrected chi connectivity index (χ2v) is 4.66. The fourth-order valence-corrected chi connectivity index (χ4v) is 2.11. The number of hydrogen-bond donors (Lipinski definition) is 0. The van der Waals surface area contributed by atoms with Crippen LogP contribution in [0.5, 0.6) is 0 Å². The van der Waals surface area contributed by atoms with E-state index in [0.717, 1.165) is 5.69 Å². The predicted molar refractivity (Wildman–Crippen MR) is 66.0 cm³/mol. The molecule has 0 atom stereocenters. The summed E-state index contributed by atoms with van der Waals surface area (Å²) in [6.45, 7) is 4.50. The molecular weight excluding hydrogens is 238 g/mol. The van der Waals surface area contributed by atoms with Crippen LogP contribution in [-0.2, 0) is 11.3 Å². The van der Waals surface area contributed by atoms with E-state index in [1.807, 2.05) is 37.9 Å². The number of aromatic nitrogens is 1. The van der Waals surface area contributed by atoms with E-state index in [2.05, 4.69) is 6.07 Å². The second-order valence-electron chi connectivity index (χ2n) is 4.27. The van der Waals surface area contributed by atoms with Crippen molar-refractivity contribution in [3.8, 4) is 6.07 Å². The molecule has 0 fully saturated rings. The molecule has 1 aromatic heterocycles. The van der Waals surface area contributed by atoms with Gasteiger partial charge in [-0.25, -0.2) is 0 Å². The van der Waals surface area contributed by atoms with E-state index in [9.17, 15) is 5.26 Å². The summed E-state index contributed by atoms with van der Waals surface area (Å²) in [5, 5.41) is 9.78. The first-order valence-corrected chi connectivity index (χ1v) is 5.81. The average Bonchev–Trinajstić information content (AvgIpc) is 2.59. The van der Waals surface area contributed by atoms with E-state index < -0.39 is 0 Å². The fraction of sp³-hybridized carbons (Fsp3) is 0.417. The van der Waals surface area contributed by atoms with Gasteiger partial charge in [-0.2, -0.15) is 5.26 Å². The minimum Gasteiger partial charge on any atom is -0.474 e. The van der Waals surface area contributed by atoms with Crippen molar-refractivity contribution in [3.05, 3.63) is 28.7 Å². The lowest BCUT2D eigenvalue weighted by molar-refractivity contribution is 0.175. The molecule has 0 unspecified atom stereocenters. The fourth-order valence-electron chi connectivity index (χ4n) is 1.86. The van der Waals surface area contributed by atoms with Gasteiger partial charge in [-0.05, 0) is 26.0 Å². The number of allylic oxidation sites excluding steroid dienone is 1. The Balaban J connectivity index is 2.58. The summed E-state index contributed by atoms with van der Waals surface area (Å²) in [4.78, 5) is 1.86. The summed E-state index contributed by atoms with van der Waals surface area (Å²) in [7, 11) is 1.87. The van der Waals surface area contributed by atoms with Crippen LogP contribution in [0.3, 0.4) is 0 Å². The summed E-state index contributed by atoms with van der Waals surface area (Å²) in [6, 6.07) is 5.92. The Morgan fingerprint density at radius 1 is 1.47 bits per heavy atom. The summed E-state index contributed by atoms with van der Waals surface area (Å²) in [6.07, 6.45) is -0.00818. The molecule has 0 N–H and O–H groups in total. The number of nitriles is 1. The van der Waals surface area contributed by atoms with Crippen molar-refractivity contribution in [1.82, 2.24) is 9.47 Å². The zero-order valence-corrected chi connectivity index (χ0v) is 10.8. The quantitative estimate of drug-likeness (QED) is 0.812. The molecule has 2 heterocycles. The van der Waals surface area contributed by atoms with Crippen LogP contribution in [0.1, 0.15) is 19.5 Å². The van der Waals surface area contributed by atoms with Crippen molar-refractivity contribution in [2.75, 3.05) is 7.05 Å². The maximum absolute atomic E-state index is 9.21. The number of fused-ring (bicyclic) bond motifs is 1. The van der Waals surface area contributed by atoms with Gasteiger partial charge >= 0.3 is 0 Å². The molecule has 0 aliphatic carbocycles. The molecule has 0 saturated carbocycles. The van der Waals surface area contributed by atoms with Gasteiger partial charge in [0.15, 0.2) is 5.70 Å². The Kier molecular flexibility index (Phi) is 3.03. The molecule has 0 saturated heterocycles. The van der Waals surface area contributed by atoms with Gasteiger partial charge in [0.1, 0.15) is 11.2 Å². The number of nitrogens with zero attached hydrogens (tertiary/aromatic N) is 3. The number of rotatable bonds is 2. The Labute approximate surface area is 106 Å². The highest BCUT2D eigenvalue weighted by Crippen LogP contribution is 2.30. The number of hydrogen-bond acceptors (Lipinski definition) is 3. The van der Waals surface area contributed by atoms with Crippen LogP contribution in [0, 0.1) is 11.3 Å². The molecular formula is C12H14ClN3O. The molecule has 5 heteroatoms. The Bertz CT molecular complexity index is 510. The maximum Gasteiger partial charge on any atom is 0.235 e. The van der Waals surface area contributed by atoms with Gasteiger partial charge in [0.05, 0.1) is 12.6 Å². The van der Waals surface area contributed by atoms with Crippen LogP contribution >= 0.6 is 11.6 Å². The molecule has 0 radical (unpaired) electrons. The van der Waals surface area contributed by atoms with Crippen molar-refractivity contribution in [1.29, 1.82) is 5.26 Å². The summed E-state index contributed by atoms with van der Waals surface area (Å²) >= 11 is 6.13. The summed E-state index contributed by atoms with van der Waals surface area (Å²) < 4.78 is 7.52. The molecule has 0 spiro atoms. The normalized spacial score (nSPS) is 14.9. The Hall–Kier alpha value is -1.60. The molecule has 4 nitrogen and oxygen atoms in total. The van der Waals surface area contributed by atoms with Crippen molar-refractivity contribution in [3.63, 3.8) is 0 Å².